The molecule has 1 N–H and O–H groups in total. The summed E-state index contributed by atoms with van der Waals surface area (Å²) in [4.78, 5) is 36.7. The SMILES string of the molecule is O=C(NC1CCC(CCN2CCC(C(=O)c3ccc(F)cc3)CC2)CC1)c1ccnc2cccnc12. The fourth-order valence-electron chi connectivity index (χ4n) is 5.66. The maximum absolute atomic E-state index is 13.1. The largest absolute Gasteiger partial charge is 0.349 e. The molecule has 0 bridgehead atoms. The zero-order chi connectivity index (χ0) is 24.9. The summed E-state index contributed by atoms with van der Waals surface area (Å²) in [6.45, 7) is 2.95. The molecule has 36 heavy (non-hydrogen) atoms. The quantitative estimate of drug-likeness (QED) is 0.472. The van der Waals surface area contributed by atoms with Gasteiger partial charge in [0.25, 0.3) is 5.91 Å². The number of amides is 1. The van der Waals surface area contributed by atoms with Gasteiger partial charge in [0.15, 0.2) is 5.78 Å². The van der Waals surface area contributed by atoms with Gasteiger partial charge in [0.1, 0.15) is 11.3 Å². The Morgan fingerprint density at radius 2 is 1.67 bits per heavy atom. The average molecular weight is 489 g/mol. The first-order chi connectivity index (χ1) is 17.6. The first kappa shape index (κ1) is 24.5. The third-order valence-corrected chi connectivity index (χ3v) is 7.86. The van der Waals surface area contributed by atoms with Crippen molar-refractivity contribution in [3.05, 3.63) is 71.8 Å². The Morgan fingerprint density at radius 1 is 0.917 bits per heavy atom. The molecule has 5 rings (SSSR count). The Balaban J connectivity index is 1.03. The number of hydrogen-bond acceptors (Lipinski definition) is 5. The molecule has 7 heteroatoms. The minimum absolute atomic E-state index is 0.0403. The highest BCUT2D eigenvalue weighted by atomic mass is 19.1. The highest BCUT2D eigenvalue weighted by Crippen LogP contribution is 2.29. The molecule has 0 unspecified atom stereocenters. The van der Waals surface area contributed by atoms with Crippen LogP contribution < -0.4 is 5.32 Å². The van der Waals surface area contributed by atoms with Crippen LogP contribution in [0.5, 0.6) is 0 Å². The molecule has 1 saturated carbocycles. The summed E-state index contributed by atoms with van der Waals surface area (Å²) in [5.74, 6) is 0.490. The zero-order valence-electron chi connectivity index (χ0n) is 20.5. The molecular weight excluding hydrogens is 455 g/mol. The van der Waals surface area contributed by atoms with Gasteiger partial charge in [0.2, 0.25) is 0 Å². The number of nitrogens with zero attached hydrogens (tertiary/aromatic N) is 3. The summed E-state index contributed by atoms with van der Waals surface area (Å²) in [5.41, 5.74) is 2.59. The maximum Gasteiger partial charge on any atom is 0.253 e. The molecule has 0 spiro atoms. The Bertz CT molecular complexity index is 1190. The van der Waals surface area contributed by atoms with Crippen molar-refractivity contribution in [2.24, 2.45) is 11.8 Å². The molecule has 1 aromatic carbocycles. The van der Waals surface area contributed by atoms with E-state index >= 15 is 0 Å². The Labute approximate surface area is 211 Å². The lowest BCUT2D eigenvalue weighted by Crippen LogP contribution is -2.39. The number of benzene rings is 1. The van der Waals surface area contributed by atoms with Crippen LogP contribution in [0.4, 0.5) is 4.39 Å². The van der Waals surface area contributed by atoms with Gasteiger partial charge < -0.3 is 10.2 Å². The number of carbonyl (C=O) groups is 2. The van der Waals surface area contributed by atoms with Crippen molar-refractivity contribution in [3.63, 3.8) is 0 Å². The van der Waals surface area contributed by atoms with E-state index < -0.39 is 0 Å². The van der Waals surface area contributed by atoms with Gasteiger partial charge in [-0.25, -0.2) is 4.39 Å². The summed E-state index contributed by atoms with van der Waals surface area (Å²) in [6, 6.07) is 11.6. The van der Waals surface area contributed by atoms with Crippen LogP contribution >= 0.6 is 0 Å². The van der Waals surface area contributed by atoms with Crippen LogP contribution in [0, 0.1) is 17.7 Å². The number of halogens is 1. The van der Waals surface area contributed by atoms with E-state index in [4.69, 9.17) is 0 Å². The normalized spacial score (nSPS) is 21.4. The van der Waals surface area contributed by atoms with Crippen molar-refractivity contribution < 1.29 is 14.0 Å². The summed E-state index contributed by atoms with van der Waals surface area (Å²) >= 11 is 0. The lowest BCUT2D eigenvalue weighted by molar-refractivity contribution is 0.0832. The first-order valence-corrected chi connectivity index (χ1v) is 13.1. The lowest BCUT2D eigenvalue weighted by atomic mass is 9.83. The number of aromatic nitrogens is 2. The predicted molar refractivity (Wildman–Crippen MR) is 137 cm³/mol. The van der Waals surface area contributed by atoms with E-state index in [-0.39, 0.29) is 29.5 Å². The molecule has 1 aliphatic carbocycles. The van der Waals surface area contributed by atoms with Crippen molar-refractivity contribution >= 4 is 22.7 Å². The van der Waals surface area contributed by atoms with Crippen LogP contribution in [0.1, 0.15) is 65.7 Å². The van der Waals surface area contributed by atoms with Gasteiger partial charge in [-0.05, 0) is 113 Å². The number of pyridine rings is 2. The summed E-state index contributed by atoms with van der Waals surface area (Å²) in [5, 5.41) is 3.22. The highest BCUT2D eigenvalue weighted by molar-refractivity contribution is 6.04. The zero-order valence-corrected chi connectivity index (χ0v) is 20.5. The van der Waals surface area contributed by atoms with E-state index in [2.05, 4.69) is 20.2 Å². The summed E-state index contributed by atoms with van der Waals surface area (Å²) < 4.78 is 13.1. The number of nitrogens with one attached hydrogen (secondary N) is 1. The minimum atomic E-state index is -0.308. The first-order valence-electron chi connectivity index (χ1n) is 13.1. The third-order valence-electron chi connectivity index (χ3n) is 7.86. The molecule has 1 saturated heterocycles. The average Bonchev–Trinajstić information content (AvgIpc) is 2.92. The molecule has 0 atom stereocenters. The van der Waals surface area contributed by atoms with Crippen molar-refractivity contribution in [1.29, 1.82) is 0 Å². The highest BCUT2D eigenvalue weighted by Gasteiger charge is 2.27. The molecule has 3 heterocycles. The lowest BCUT2D eigenvalue weighted by Gasteiger charge is -2.34. The smallest absolute Gasteiger partial charge is 0.253 e. The van der Waals surface area contributed by atoms with Crippen LogP contribution in [0.25, 0.3) is 11.0 Å². The van der Waals surface area contributed by atoms with Gasteiger partial charge in [-0.1, -0.05) is 0 Å². The van der Waals surface area contributed by atoms with Gasteiger partial charge in [-0.2, -0.15) is 0 Å². The van der Waals surface area contributed by atoms with E-state index in [0.717, 1.165) is 70.1 Å². The molecule has 1 amide bonds. The van der Waals surface area contributed by atoms with Crippen LogP contribution in [-0.4, -0.2) is 52.2 Å². The third kappa shape index (κ3) is 5.78. The number of fused-ring (bicyclic) bond motifs is 1. The Hall–Kier alpha value is -3.19. The fourth-order valence-corrected chi connectivity index (χ4v) is 5.66. The van der Waals surface area contributed by atoms with Gasteiger partial charge in [-0.3, -0.25) is 19.6 Å². The second-order valence-electron chi connectivity index (χ2n) is 10.2. The van der Waals surface area contributed by atoms with E-state index in [1.54, 1.807) is 30.6 Å². The van der Waals surface area contributed by atoms with Gasteiger partial charge in [0.05, 0.1) is 11.1 Å². The second kappa shape index (κ2) is 11.2. The standard InChI is InChI=1S/C29H33FN4O2/c30-23-7-5-21(6-8-23)28(35)22-13-18-34(19-14-22)17-12-20-3-9-24(10-4-20)33-29(36)25-11-16-31-26-2-1-15-32-27(25)26/h1-2,5-8,11,15-16,20,22,24H,3-4,9-10,12-14,17-19H2,(H,33,36). The number of rotatable bonds is 7. The van der Waals surface area contributed by atoms with Crippen molar-refractivity contribution in [3.8, 4) is 0 Å². The summed E-state index contributed by atoms with van der Waals surface area (Å²) in [6.07, 6.45) is 10.5. The van der Waals surface area contributed by atoms with Crippen LogP contribution in [0.15, 0.2) is 54.9 Å². The molecule has 0 radical (unpaired) electrons. The minimum Gasteiger partial charge on any atom is -0.349 e. The monoisotopic (exact) mass is 488 g/mol. The molecule has 3 aromatic rings. The molecule has 6 nitrogen and oxygen atoms in total. The fraction of sp³-hybridized carbons (Fsp3) is 0.448. The van der Waals surface area contributed by atoms with Crippen molar-refractivity contribution in [2.45, 2.75) is 51.0 Å². The molecule has 2 aliphatic rings. The molecule has 2 aromatic heterocycles. The van der Waals surface area contributed by atoms with E-state index in [1.807, 2.05) is 12.1 Å². The van der Waals surface area contributed by atoms with Crippen LogP contribution in [-0.2, 0) is 0 Å². The Morgan fingerprint density at radius 3 is 2.42 bits per heavy atom. The predicted octanol–water partition coefficient (Wildman–Crippen LogP) is 5.04. The number of hydrogen-bond donors (Lipinski definition) is 1. The molecule has 1 aliphatic heterocycles. The van der Waals surface area contributed by atoms with E-state index in [0.29, 0.717) is 22.6 Å². The Kier molecular flexibility index (Phi) is 7.66. The second-order valence-corrected chi connectivity index (χ2v) is 10.2. The molecule has 2 fully saturated rings. The number of piperidine rings is 1. The topological polar surface area (TPSA) is 75.2 Å². The van der Waals surface area contributed by atoms with Gasteiger partial charge >= 0.3 is 0 Å². The summed E-state index contributed by atoms with van der Waals surface area (Å²) in [7, 11) is 0. The molecular formula is C29H33FN4O2. The maximum atomic E-state index is 13.1. The van der Waals surface area contributed by atoms with Gasteiger partial charge in [0, 0.05) is 29.9 Å². The van der Waals surface area contributed by atoms with Crippen molar-refractivity contribution in [2.75, 3.05) is 19.6 Å². The van der Waals surface area contributed by atoms with E-state index in [9.17, 15) is 14.0 Å². The molecule has 188 valence electrons. The number of Topliss-reactive ketones (excluding diaryl/α,β-unsaturated/α-hetero) is 1. The number of ketones is 1. The van der Waals surface area contributed by atoms with Crippen LogP contribution in [0.2, 0.25) is 0 Å². The van der Waals surface area contributed by atoms with Gasteiger partial charge in [-0.15, -0.1) is 0 Å². The van der Waals surface area contributed by atoms with Crippen molar-refractivity contribution in [1.82, 2.24) is 20.2 Å². The number of likely N-dealkylation sites (tertiary alicyclic amines) is 1. The van der Waals surface area contributed by atoms with Crippen LogP contribution in [0.3, 0.4) is 0 Å². The van der Waals surface area contributed by atoms with E-state index in [1.165, 1.54) is 12.1 Å². The number of carbonyl (C=O) groups excluding carboxylic acids is 2.